The number of esters is 1. The molecule has 1 aliphatic heterocycles. The number of hydrogen-bond acceptors (Lipinski definition) is 4. The van der Waals surface area contributed by atoms with Crippen LogP contribution in [0.1, 0.15) is 16.7 Å². The Kier molecular flexibility index (Phi) is 5.53. The first-order chi connectivity index (χ1) is 14.1. The van der Waals surface area contributed by atoms with Crippen molar-refractivity contribution >= 4 is 33.9 Å². The summed E-state index contributed by atoms with van der Waals surface area (Å²) in [6.45, 7) is 0.265. The van der Waals surface area contributed by atoms with Crippen LogP contribution in [0.5, 0.6) is 5.75 Å². The molecule has 3 aromatic rings. The molecule has 29 heavy (non-hydrogen) atoms. The number of cyclic esters (lactones) is 1. The van der Waals surface area contributed by atoms with Crippen molar-refractivity contribution in [1.29, 1.82) is 0 Å². The molecular weight excluding hydrogens is 437 g/mol. The third kappa shape index (κ3) is 4.60. The highest BCUT2D eigenvalue weighted by molar-refractivity contribution is 9.10. The molecule has 0 atom stereocenters. The fourth-order valence-electron chi connectivity index (χ4n) is 2.77. The average molecular weight is 452 g/mol. The van der Waals surface area contributed by atoms with Gasteiger partial charge in [0, 0.05) is 15.6 Å². The summed E-state index contributed by atoms with van der Waals surface area (Å²) in [4.78, 5) is 16.6. The maximum atomic E-state index is 13.1. The zero-order valence-corrected chi connectivity index (χ0v) is 16.7. The second-order valence-corrected chi connectivity index (χ2v) is 7.22. The van der Waals surface area contributed by atoms with E-state index in [4.69, 9.17) is 9.47 Å². The van der Waals surface area contributed by atoms with E-state index in [9.17, 15) is 9.18 Å². The number of rotatable bonds is 5. The molecule has 0 saturated heterocycles. The van der Waals surface area contributed by atoms with Gasteiger partial charge < -0.3 is 9.47 Å². The Morgan fingerprint density at radius 2 is 1.79 bits per heavy atom. The summed E-state index contributed by atoms with van der Waals surface area (Å²) in [6, 6.07) is 20.8. The van der Waals surface area contributed by atoms with E-state index in [-0.39, 0.29) is 24.0 Å². The number of halogens is 2. The van der Waals surface area contributed by atoms with Crippen LogP contribution >= 0.6 is 15.9 Å². The maximum absolute atomic E-state index is 13.1. The van der Waals surface area contributed by atoms with Gasteiger partial charge in [-0.1, -0.05) is 46.3 Å². The number of hydrogen-bond donors (Lipinski definition) is 0. The second-order valence-electron chi connectivity index (χ2n) is 6.30. The molecular formula is C23H15BrFNO3. The standard InChI is InChI=1S/C23H15BrFNO3/c24-18-8-11-21(28-14-15-6-9-19(25)10-7-15)17(12-18)13-20-23(27)29-22(26-20)16-4-2-1-3-5-16/h1-13H,14H2/b20-13-. The molecule has 0 amide bonds. The molecule has 0 spiro atoms. The molecule has 0 bridgehead atoms. The van der Waals surface area contributed by atoms with Gasteiger partial charge in [0.2, 0.25) is 5.90 Å². The van der Waals surface area contributed by atoms with Crippen molar-refractivity contribution in [1.82, 2.24) is 0 Å². The third-order valence-corrected chi connectivity index (χ3v) is 4.71. The van der Waals surface area contributed by atoms with Crippen molar-refractivity contribution in [3.8, 4) is 5.75 Å². The van der Waals surface area contributed by atoms with Crippen molar-refractivity contribution in [2.24, 2.45) is 4.99 Å². The molecule has 1 heterocycles. The van der Waals surface area contributed by atoms with Crippen LogP contribution in [-0.4, -0.2) is 11.9 Å². The topological polar surface area (TPSA) is 47.9 Å². The minimum atomic E-state index is -0.520. The van der Waals surface area contributed by atoms with Gasteiger partial charge in [0.05, 0.1) is 0 Å². The summed E-state index contributed by atoms with van der Waals surface area (Å²) >= 11 is 3.43. The average Bonchev–Trinajstić information content (AvgIpc) is 3.10. The van der Waals surface area contributed by atoms with Crippen LogP contribution < -0.4 is 4.74 Å². The van der Waals surface area contributed by atoms with E-state index in [1.165, 1.54) is 12.1 Å². The van der Waals surface area contributed by atoms with E-state index in [1.54, 1.807) is 24.3 Å². The van der Waals surface area contributed by atoms with Crippen LogP contribution in [0.3, 0.4) is 0 Å². The van der Waals surface area contributed by atoms with Crippen LogP contribution in [-0.2, 0) is 16.1 Å². The summed E-state index contributed by atoms with van der Waals surface area (Å²) < 4.78 is 25.1. The van der Waals surface area contributed by atoms with Crippen molar-refractivity contribution < 1.29 is 18.7 Å². The van der Waals surface area contributed by atoms with E-state index >= 15 is 0 Å². The number of benzene rings is 3. The first-order valence-corrected chi connectivity index (χ1v) is 9.62. The van der Waals surface area contributed by atoms with Gasteiger partial charge in [0.15, 0.2) is 5.70 Å². The second kappa shape index (κ2) is 8.41. The molecule has 0 N–H and O–H groups in total. The van der Waals surface area contributed by atoms with Crippen LogP contribution in [0, 0.1) is 5.82 Å². The molecule has 6 heteroatoms. The number of carbonyl (C=O) groups is 1. The SMILES string of the molecule is O=C1OC(c2ccccc2)=N/C1=C\c1cc(Br)ccc1OCc1ccc(F)cc1. The van der Waals surface area contributed by atoms with E-state index in [1.807, 2.05) is 42.5 Å². The number of aliphatic imine (C=N–C) groups is 1. The smallest absolute Gasteiger partial charge is 0.363 e. The van der Waals surface area contributed by atoms with Gasteiger partial charge >= 0.3 is 5.97 Å². The Bertz CT molecular complexity index is 1110. The van der Waals surface area contributed by atoms with Crippen molar-refractivity contribution in [2.75, 3.05) is 0 Å². The quantitative estimate of drug-likeness (QED) is 0.379. The minimum Gasteiger partial charge on any atom is -0.488 e. The molecule has 0 fully saturated rings. The molecule has 0 saturated carbocycles. The van der Waals surface area contributed by atoms with Gasteiger partial charge in [-0.3, -0.25) is 0 Å². The molecule has 3 aromatic carbocycles. The lowest BCUT2D eigenvalue weighted by Crippen LogP contribution is -2.05. The molecule has 0 aliphatic carbocycles. The Balaban J connectivity index is 1.60. The van der Waals surface area contributed by atoms with Gasteiger partial charge in [-0.15, -0.1) is 0 Å². The highest BCUT2D eigenvalue weighted by Crippen LogP contribution is 2.28. The minimum absolute atomic E-state index is 0.189. The molecule has 0 unspecified atom stereocenters. The van der Waals surface area contributed by atoms with Crippen LogP contribution in [0.4, 0.5) is 4.39 Å². The molecule has 0 aromatic heterocycles. The number of nitrogens with zero attached hydrogens (tertiary/aromatic N) is 1. The highest BCUT2D eigenvalue weighted by Gasteiger charge is 2.24. The Hall–Kier alpha value is -3.25. The van der Waals surface area contributed by atoms with Gasteiger partial charge in [-0.05, 0) is 54.1 Å². The van der Waals surface area contributed by atoms with Gasteiger partial charge in [-0.2, -0.15) is 0 Å². The first kappa shape index (κ1) is 19.1. The highest BCUT2D eigenvalue weighted by atomic mass is 79.9. The number of ether oxygens (including phenoxy) is 2. The fraction of sp³-hybridized carbons (Fsp3) is 0.0435. The monoisotopic (exact) mass is 451 g/mol. The summed E-state index contributed by atoms with van der Waals surface area (Å²) in [7, 11) is 0. The van der Waals surface area contributed by atoms with Crippen LogP contribution in [0.15, 0.2) is 88.0 Å². The molecule has 144 valence electrons. The Labute approximate surface area is 175 Å². The lowest BCUT2D eigenvalue weighted by atomic mass is 10.1. The summed E-state index contributed by atoms with van der Waals surface area (Å²) in [5.74, 6) is 0.0229. The Morgan fingerprint density at radius 1 is 1.03 bits per heavy atom. The van der Waals surface area contributed by atoms with E-state index < -0.39 is 5.97 Å². The normalized spacial score (nSPS) is 14.6. The van der Waals surface area contributed by atoms with Crippen molar-refractivity contribution in [2.45, 2.75) is 6.61 Å². The molecule has 4 rings (SSSR count). The lowest BCUT2D eigenvalue weighted by molar-refractivity contribution is -0.129. The summed E-state index contributed by atoms with van der Waals surface area (Å²) in [6.07, 6.45) is 1.63. The van der Waals surface area contributed by atoms with Gasteiger partial charge in [0.1, 0.15) is 18.2 Å². The largest absolute Gasteiger partial charge is 0.488 e. The predicted molar refractivity (Wildman–Crippen MR) is 112 cm³/mol. The molecule has 1 aliphatic rings. The van der Waals surface area contributed by atoms with Gasteiger partial charge in [0.25, 0.3) is 0 Å². The summed E-state index contributed by atoms with van der Waals surface area (Å²) in [5, 5.41) is 0. The summed E-state index contributed by atoms with van der Waals surface area (Å²) in [5.41, 5.74) is 2.42. The van der Waals surface area contributed by atoms with Gasteiger partial charge in [-0.25, -0.2) is 14.2 Å². The number of carbonyl (C=O) groups excluding carboxylic acids is 1. The zero-order chi connectivity index (χ0) is 20.2. The van der Waals surface area contributed by atoms with E-state index in [0.717, 1.165) is 15.6 Å². The first-order valence-electron chi connectivity index (χ1n) is 8.83. The lowest BCUT2D eigenvalue weighted by Gasteiger charge is -2.10. The van der Waals surface area contributed by atoms with E-state index in [2.05, 4.69) is 20.9 Å². The maximum Gasteiger partial charge on any atom is 0.363 e. The molecule has 4 nitrogen and oxygen atoms in total. The van der Waals surface area contributed by atoms with Crippen molar-refractivity contribution in [3.05, 3.63) is 105 Å². The fourth-order valence-corrected chi connectivity index (χ4v) is 3.14. The zero-order valence-electron chi connectivity index (χ0n) is 15.1. The Morgan fingerprint density at radius 3 is 2.55 bits per heavy atom. The molecule has 0 radical (unpaired) electrons. The van der Waals surface area contributed by atoms with Crippen molar-refractivity contribution in [3.63, 3.8) is 0 Å². The van der Waals surface area contributed by atoms with E-state index in [0.29, 0.717) is 11.3 Å². The third-order valence-electron chi connectivity index (χ3n) is 4.21. The predicted octanol–water partition coefficient (Wildman–Crippen LogP) is 5.51. The van der Waals surface area contributed by atoms with Crippen LogP contribution in [0.25, 0.3) is 6.08 Å². The van der Waals surface area contributed by atoms with Crippen LogP contribution in [0.2, 0.25) is 0 Å².